The van der Waals surface area contributed by atoms with Crippen molar-refractivity contribution >= 4 is 11.6 Å². The van der Waals surface area contributed by atoms with E-state index in [1.165, 1.54) is 48.0 Å². The Kier molecular flexibility index (Phi) is 4.32. The van der Waals surface area contributed by atoms with E-state index < -0.39 is 5.97 Å². The number of fused-ring (bicyclic) bond motifs is 1. The summed E-state index contributed by atoms with van der Waals surface area (Å²) in [7, 11) is 0. The molecule has 4 rings (SSSR count). The number of aromatic nitrogens is 3. The summed E-state index contributed by atoms with van der Waals surface area (Å²) in [6.45, 7) is 2.01. The maximum Gasteiger partial charge on any atom is 0.343 e. The fraction of sp³-hybridized carbons (Fsp3) is 0.350. The van der Waals surface area contributed by atoms with Crippen LogP contribution in [0.2, 0.25) is 0 Å². The lowest BCUT2D eigenvalue weighted by molar-refractivity contribution is 0.0528. The zero-order valence-electron chi connectivity index (χ0n) is 14.7. The predicted octanol–water partition coefficient (Wildman–Crippen LogP) is 3.52. The minimum absolute atomic E-state index is 0.258. The third-order valence-electron chi connectivity index (χ3n) is 5.04. The largest absolute Gasteiger partial charge is 0.462 e. The van der Waals surface area contributed by atoms with Crippen molar-refractivity contribution in [1.29, 1.82) is 0 Å². The summed E-state index contributed by atoms with van der Waals surface area (Å²) in [6.07, 6.45) is 6.46. The Bertz CT molecular complexity index is 995. The third kappa shape index (κ3) is 2.92. The molecule has 1 aromatic carbocycles. The van der Waals surface area contributed by atoms with E-state index in [0.29, 0.717) is 17.3 Å². The van der Waals surface area contributed by atoms with Gasteiger partial charge in [0.1, 0.15) is 5.56 Å². The number of carbonyl (C=O) groups excluding carboxylic acids is 1. The Balaban J connectivity index is 1.73. The summed E-state index contributed by atoms with van der Waals surface area (Å²) < 4.78 is 6.22. The molecule has 0 saturated heterocycles. The number of aromatic amines is 1. The predicted molar refractivity (Wildman–Crippen MR) is 98.4 cm³/mol. The zero-order chi connectivity index (χ0) is 18.1. The highest BCUT2D eigenvalue weighted by Crippen LogP contribution is 2.34. The standard InChI is InChI=1S/C20H21N3O3/c1-2-26-20(25)16-12-21-23-18(24)11-17(22-19(16)23)15-9-7-14(8-10-15)13-5-3-4-6-13/h7-13,22H,2-6H2,1H3. The van der Waals surface area contributed by atoms with Crippen LogP contribution in [0.3, 0.4) is 0 Å². The first kappa shape index (κ1) is 16.6. The molecule has 2 aromatic heterocycles. The zero-order valence-corrected chi connectivity index (χ0v) is 14.7. The van der Waals surface area contributed by atoms with Gasteiger partial charge in [0.25, 0.3) is 5.56 Å². The van der Waals surface area contributed by atoms with E-state index in [0.717, 1.165) is 5.56 Å². The second-order valence-corrected chi connectivity index (χ2v) is 6.66. The first-order valence-electron chi connectivity index (χ1n) is 9.06. The molecule has 0 spiro atoms. The maximum absolute atomic E-state index is 12.4. The molecule has 0 bridgehead atoms. The van der Waals surface area contributed by atoms with Gasteiger partial charge in [-0.2, -0.15) is 9.61 Å². The average molecular weight is 351 g/mol. The smallest absolute Gasteiger partial charge is 0.343 e. The van der Waals surface area contributed by atoms with E-state index in [2.05, 4.69) is 22.2 Å². The van der Waals surface area contributed by atoms with Gasteiger partial charge in [-0.3, -0.25) is 4.79 Å². The summed E-state index contributed by atoms with van der Waals surface area (Å²) in [5, 5.41) is 3.99. The normalized spacial score (nSPS) is 14.8. The number of hydrogen-bond donors (Lipinski definition) is 1. The molecule has 134 valence electrons. The van der Waals surface area contributed by atoms with Crippen molar-refractivity contribution in [3.63, 3.8) is 0 Å². The first-order valence-corrected chi connectivity index (χ1v) is 9.06. The average Bonchev–Trinajstić information content (AvgIpc) is 3.32. The van der Waals surface area contributed by atoms with Crippen LogP contribution < -0.4 is 5.56 Å². The fourth-order valence-electron chi connectivity index (χ4n) is 3.69. The Morgan fingerprint density at radius 3 is 2.69 bits per heavy atom. The van der Waals surface area contributed by atoms with E-state index >= 15 is 0 Å². The highest BCUT2D eigenvalue weighted by Gasteiger charge is 2.18. The number of H-pyrrole nitrogens is 1. The summed E-state index contributed by atoms with van der Waals surface area (Å²) in [5.41, 5.74) is 3.24. The lowest BCUT2D eigenvalue weighted by atomic mass is 9.96. The van der Waals surface area contributed by atoms with Crippen LogP contribution in [0, 0.1) is 0 Å². The molecular weight excluding hydrogens is 330 g/mol. The van der Waals surface area contributed by atoms with Gasteiger partial charge in [0, 0.05) is 6.07 Å². The Labute approximate surface area is 150 Å². The minimum Gasteiger partial charge on any atom is -0.462 e. The molecule has 6 nitrogen and oxygen atoms in total. The number of nitrogens with one attached hydrogen (secondary N) is 1. The topological polar surface area (TPSA) is 76.5 Å². The molecule has 0 atom stereocenters. The number of rotatable bonds is 4. The van der Waals surface area contributed by atoms with E-state index in [4.69, 9.17) is 4.74 Å². The molecule has 0 radical (unpaired) electrons. The van der Waals surface area contributed by atoms with Gasteiger partial charge in [-0.05, 0) is 36.8 Å². The lowest BCUT2D eigenvalue weighted by Crippen LogP contribution is -2.15. The first-order chi connectivity index (χ1) is 12.7. The molecule has 1 saturated carbocycles. The minimum atomic E-state index is -0.494. The van der Waals surface area contributed by atoms with E-state index in [1.807, 2.05) is 12.1 Å². The highest BCUT2D eigenvalue weighted by molar-refractivity contribution is 5.95. The Morgan fingerprint density at radius 2 is 2.00 bits per heavy atom. The molecule has 26 heavy (non-hydrogen) atoms. The molecule has 1 N–H and O–H groups in total. The van der Waals surface area contributed by atoms with Gasteiger partial charge in [0.15, 0.2) is 5.65 Å². The van der Waals surface area contributed by atoms with Crippen LogP contribution in [0.4, 0.5) is 0 Å². The fourth-order valence-corrected chi connectivity index (χ4v) is 3.69. The van der Waals surface area contributed by atoms with Crippen LogP contribution in [0.15, 0.2) is 41.3 Å². The molecule has 1 aliphatic carbocycles. The van der Waals surface area contributed by atoms with Gasteiger partial charge in [-0.1, -0.05) is 37.1 Å². The molecule has 2 heterocycles. The number of carbonyl (C=O) groups is 1. The lowest BCUT2D eigenvalue weighted by Gasteiger charge is -2.10. The molecule has 1 aliphatic rings. The van der Waals surface area contributed by atoms with Crippen molar-refractivity contribution in [3.8, 4) is 11.3 Å². The van der Waals surface area contributed by atoms with E-state index in [9.17, 15) is 9.59 Å². The van der Waals surface area contributed by atoms with Gasteiger partial charge in [0.2, 0.25) is 0 Å². The summed E-state index contributed by atoms with van der Waals surface area (Å²) in [5.74, 6) is 0.155. The summed E-state index contributed by atoms with van der Waals surface area (Å²) in [6, 6.07) is 9.82. The van der Waals surface area contributed by atoms with E-state index in [1.54, 1.807) is 6.92 Å². The van der Waals surface area contributed by atoms with Crippen molar-refractivity contribution in [2.75, 3.05) is 6.61 Å². The van der Waals surface area contributed by atoms with Gasteiger partial charge < -0.3 is 9.72 Å². The van der Waals surface area contributed by atoms with Crippen molar-refractivity contribution in [3.05, 3.63) is 58.0 Å². The van der Waals surface area contributed by atoms with Crippen LogP contribution in [0.5, 0.6) is 0 Å². The van der Waals surface area contributed by atoms with Gasteiger partial charge in [-0.15, -0.1) is 0 Å². The molecule has 0 amide bonds. The summed E-state index contributed by atoms with van der Waals surface area (Å²) >= 11 is 0. The second kappa shape index (κ2) is 6.78. The van der Waals surface area contributed by atoms with Gasteiger partial charge in [-0.25, -0.2) is 4.79 Å². The third-order valence-corrected chi connectivity index (χ3v) is 5.04. The van der Waals surface area contributed by atoms with E-state index in [-0.39, 0.29) is 17.7 Å². The van der Waals surface area contributed by atoms with Crippen LogP contribution in [-0.2, 0) is 4.74 Å². The molecular formula is C20H21N3O3. The number of esters is 1. The van der Waals surface area contributed by atoms with Crippen molar-refractivity contribution in [2.24, 2.45) is 0 Å². The van der Waals surface area contributed by atoms with Crippen molar-refractivity contribution < 1.29 is 9.53 Å². The maximum atomic E-state index is 12.4. The number of ether oxygens (including phenoxy) is 1. The number of nitrogens with zero attached hydrogens (tertiary/aromatic N) is 2. The van der Waals surface area contributed by atoms with Crippen molar-refractivity contribution in [2.45, 2.75) is 38.5 Å². The number of hydrogen-bond acceptors (Lipinski definition) is 4. The van der Waals surface area contributed by atoms with Gasteiger partial charge in [0.05, 0.1) is 18.5 Å². The van der Waals surface area contributed by atoms with Crippen LogP contribution in [0.1, 0.15) is 54.4 Å². The Morgan fingerprint density at radius 1 is 1.27 bits per heavy atom. The molecule has 6 heteroatoms. The van der Waals surface area contributed by atoms with Crippen LogP contribution in [-0.4, -0.2) is 27.2 Å². The Hall–Kier alpha value is -2.89. The van der Waals surface area contributed by atoms with Crippen LogP contribution >= 0.6 is 0 Å². The SMILES string of the molecule is CCOC(=O)c1cnn2c(=O)cc(-c3ccc(C4CCCC4)cc3)[nH]c12. The highest BCUT2D eigenvalue weighted by atomic mass is 16.5. The van der Waals surface area contributed by atoms with Crippen LogP contribution in [0.25, 0.3) is 16.9 Å². The molecule has 1 fully saturated rings. The van der Waals surface area contributed by atoms with Crippen molar-refractivity contribution in [1.82, 2.24) is 14.6 Å². The summed E-state index contributed by atoms with van der Waals surface area (Å²) in [4.78, 5) is 27.6. The molecule has 3 aromatic rings. The molecule has 0 unspecified atom stereocenters. The molecule has 0 aliphatic heterocycles. The quantitative estimate of drug-likeness (QED) is 0.730. The second-order valence-electron chi connectivity index (χ2n) is 6.66. The number of benzene rings is 1. The monoisotopic (exact) mass is 351 g/mol. The van der Waals surface area contributed by atoms with Gasteiger partial charge >= 0.3 is 5.97 Å².